The number of ether oxygens (including phenoxy) is 1. The molecule has 0 aromatic rings. The topological polar surface area (TPSA) is 113 Å². The average Bonchev–Trinajstić information content (AvgIpc) is 2.34. The number of carboxylic acids is 1. The highest BCUT2D eigenvalue weighted by Gasteiger charge is 2.32. The molecule has 1 rings (SSSR count). The van der Waals surface area contributed by atoms with Crippen molar-refractivity contribution in [2.75, 3.05) is 32.5 Å². The number of carboxylic acid groups (broad SMARTS) is 1. The van der Waals surface area contributed by atoms with Gasteiger partial charge in [0.1, 0.15) is 0 Å². The lowest BCUT2D eigenvalue weighted by Gasteiger charge is -2.33. The lowest BCUT2D eigenvalue weighted by molar-refractivity contribution is -0.141. The minimum Gasteiger partial charge on any atom is -0.481 e. The van der Waals surface area contributed by atoms with E-state index < -0.39 is 32.7 Å². The van der Waals surface area contributed by atoms with Gasteiger partial charge in [-0.25, -0.2) is 13.2 Å². The second-order valence-corrected chi connectivity index (χ2v) is 8.38. The smallest absolute Gasteiger partial charge is 0.317 e. The normalized spacial score (nSPS) is 20.1. The Labute approximate surface area is 124 Å². The highest BCUT2D eigenvalue weighted by molar-refractivity contribution is 7.92. The van der Waals surface area contributed by atoms with Crippen LogP contribution in [-0.4, -0.2) is 73.8 Å². The van der Waals surface area contributed by atoms with Crippen LogP contribution in [0.3, 0.4) is 0 Å². The fourth-order valence-corrected chi connectivity index (χ4v) is 2.09. The standard InChI is InChI=1S/C12H22N2O6S/c1-12(2,21(3,18)19)8-13-11(17)14-4-5-20-9(7-14)6-10(15)16/h9H,4-8H2,1-3H3,(H,13,17)(H,15,16). The monoisotopic (exact) mass is 322 g/mol. The largest absolute Gasteiger partial charge is 0.481 e. The molecule has 8 nitrogen and oxygen atoms in total. The van der Waals surface area contributed by atoms with Crippen molar-refractivity contribution in [3.05, 3.63) is 0 Å². The Hall–Kier alpha value is -1.35. The van der Waals surface area contributed by atoms with Gasteiger partial charge in [0.2, 0.25) is 0 Å². The van der Waals surface area contributed by atoms with Crippen molar-refractivity contribution in [1.29, 1.82) is 0 Å². The molecule has 122 valence electrons. The predicted octanol–water partition coefficient (Wildman–Crippen LogP) is -0.305. The third kappa shape index (κ3) is 5.16. The van der Waals surface area contributed by atoms with E-state index >= 15 is 0 Å². The van der Waals surface area contributed by atoms with E-state index in [1.54, 1.807) is 0 Å². The molecular formula is C12H22N2O6S. The number of nitrogens with zero attached hydrogens (tertiary/aromatic N) is 1. The maximum Gasteiger partial charge on any atom is 0.317 e. The predicted molar refractivity (Wildman–Crippen MR) is 75.9 cm³/mol. The molecule has 1 atom stereocenters. The lowest BCUT2D eigenvalue weighted by atomic mass is 10.2. The molecule has 1 unspecified atom stereocenters. The summed E-state index contributed by atoms with van der Waals surface area (Å²) in [4.78, 5) is 24.1. The first-order valence-electron chi connectivity index (χ1n) is 6.59. The van der Waals surface area contributed by atoms with Crippen LogP contribution in [0.5, 0.6) is 0 Å². The highest BCUT2D eigenvalue weighted by Crippen LogP contribution is 2.14. The number of sulfone groups is 1. The van der Waals surface area contributed by atoms with Crippen molar-refractivity contribution in [2.24, 2.45) is 0 Å². The van der Waals surface area contributed by atoms with Crippen LogP contribution in [0.15, 0.2) is 0 Å². The molecule has 0 spiro atoms. The number of hydrogen-bond donors (Lipinski definition) is 2. The quantitative estimate of drug-likeness (QED) is 0.718. The summed E-state index contributed by atoms with van der Waals surface area (Å²) in [7, 11) is -3.29. The van der Waals surface area contributed by atoms with Gasteiger partial charge in [-0.3, -0.25) is 4.79 Å². The Balaban J connectivity index is 2.54. The van der Waals surface area contributed by atoms with Gasteiger partial charge in [-0.05, 0) is 13.8 Å². The van der Waals surface area contributed by atoms with Crippen molar-refractivity contribution < 1.29 is 27.9 Å². The Morgan fingerprint density at radius 3 is 2.57 bits per heavy atom. The first-order valence-corrected chi connectivity index (χ1v) is 8.48. The molecule has 0 saturated carbocycles. The fraction of sp³-hybridized carbons (Fsp3) is 0.833. The maximum absolute atomic E-state index is 12.0. The van der Waals surface area contributed by atoms with Crippen LogP contribution >= 0.6 is 0 Å². The van der Waals surface area contributed by atoms with Crippen molar-refractivity contribution in [3.63, 3.8) is 0 Å². The van der Waals surface area contributed by atoms with Gasteiger partial charge in [0.25, 0.3) is 0 Å². The Bertz CT molecular complexity index is 502. The zero-order valence-corrected chi connectivity index (χ0v) is 13.3. The highest BCUT2D eigenvalue weighted by atomic mass is 32.2. The number of morpholine rings is 1. The Kier molecular flexibility index (Phi) is 5.57. The summed E-state index contributed by atoms with van der Waals surface area (Å²) < 4.78 is 27.3. The first-order chi connectivity index (χ1) is 9.53. The molecule has 1 heterocycles. The van der Waals surface area contributed by atoms with Crippen LogP contribution in [0.2, 0.25) is 0 Å². The summed E-state index contributed by atoms with van der Waals surface area (Å²) in [6.07, 6.45) is 0.417. The van der Waals surface area contributed by atoms with Crippen molar-refractivity contribution in [3.8, 4) is 0 Å². The zero-order valence-electron chi connectivity index (χ0n) is 12.5. The van der Waals surface area contributed by atoms with E-state index in [-0.39, 0.29) is 26.1 Å². The first kappa shape index (κ1) is 17.7. The summed E-state index contributed by atoms with van der Waals surface area (Å²) in [5.74, 6) is -0.986. The molecule has 21 heavy (non-hydrogen) atoms. The summed E-state index contributed by atoms with van der Waals surface area (Å²) in [6.45, 7) is 3.86. The summed E-state index contributed by atoms with van der Waals surface area (Å²) in [6, 6.07) is -0.412. The van der Waals surface area contributed by atoms with Crippen LogP contribution in [0, 0.1) is 0 Å². The fourth-order valence-electron chi connectivity index (χ4n) is 1.75. The third-order valence-electron chi connectivity index (χ3n) is 3.50. The molecule has 1 saturated heterocycles. The van der Waals surface area contributed by atoms with Gasteiger partial charge in [-0.15, -0.1) is 0 Å². The second kappa shape index (κ2) is 6.61. The number of amides is 2. The number of urea groups is 1. The summed E-state index contributed by atoms with van der Waals surface area (Å²) in [5.41, 5.74) is 0. The number of carbonyl (C=O) groups is 2. The molecular weight excluding hydrogens is 300 g/mol. The number of aliphatic carboxylic acids is 1. The van der Waals surface area contributed by atoms with Gasteiger partial charge < -0.3 is 20.1 Å². The van der Waals surface area contributed by atoms with E-state index in [1.165, 1.54) is 18.7 Å². The molecule has 0 aromatic carbocycles. The van der Waals surface area contributed by atoms with Gasteiger partial charge in [-0.2, -0.15) is 0 Å². The van der Waals surface area contributed by atoms with E-state index in [0.29, 0.717) is 6.54 Å². The van der Waals surface area contributed by atoms with Crippen LogP contribution in [0.25, 0.3) is 0 Å². The van der Waals surface area contributed by atoms with E-state index in [4.69, 9.17) is 9.84 Å². The molecule has 0 bridgehead atoms. The minimum atomic E-state index is -3.29. The molecule has 2 N–H and O–H groups in total. The van der Waals surface area contributed by atoms with Crippen molar-refractivity contribution >= 4 is 21.8 Å². The number of carbonyl (C=O) groups excluding carboxylic acids is 1. The number of rotatable bonds is 5. The summed E-state index contributed by atoms with van der Waals surface area (Å²) >= 11 is 0. The second-order valence-electron chi connectivity index (χ2n) is 5.73. The van der Waals surface area contributed by atoms with Crippen LogP contribution < -0.4 is 5.32 Å². The van der Waals surface area contributed by atoms with Gasteiger partial charge in [-0.1, -0.05) is 0 Å². The van der Waals surface area contributed by atoms with Crippen LogP contribution in [-0.2, 0) is 19.4 Å². The van der Waals surface area contributed by atoms with Gasteiger partial charge >= 0.3 is 12.0 Å². The molecule has 1 aliphatic heterocycles. The number of nitrogens with one attached hydrogen (secondary N) is 1. The summed E-state index contributed by atoms with van der Waals surface area (Å²) in [5, 5.41) is 11.3. The third-order valence-corrected chi connectivity index (χ3v) is 5.65. The van der Waals surface area contributed by atoms with Crippen LogP contribution in [0.4, 0.5) is 4.79 Å². The number of hydrogen-bond acceptors (Lipinski definition) is 5. The zero-order chi connectivity index (χ0) is 16.3. The Morgan fingerprint density at radius 1 is 1.43 bits per heavy atom. The van der Waals surface area contributed by atoms with Gasteiger partial charge in [0.15, 0.2) is 9.84 Å². The SMILES string of the molecule is CC(C)(CNC(=O)N1CCOC(CC(=O)O)C1)S(C)(=O)=O. The molecule has 9 heteroatoms. The molecule has 0 aliphatic carbocycles. The Morgan fingerprint density at radius 2 is 2.05 bits per heavy atom. The molecule has 0 aromatic heterocycles. The van der Waals surface area contributed by atoms with E-state index in [1.807, 2.05) is 0 Å². The minimum absolute atomic E-state index is 0.00831. The average molecular weight is 322 g/mol. The molecule has 1 fully saturated rings. The van der Waals surface area contributed by atoms with E-state index in [0.717, 1.165) is 6.26 Å². The van der Waals surface area contributed by atoms with E-state index in [2.05, 4.69) is 5.32 Å². The van der Waals surface area contributed by atoms with E-state index in [9.17, 15) is 18.0 Å². The van der Waals surface area contributed by atoms with Gasteiger partial charge in [0, 0.05) is 25.9 Å². The van der Waals surface area contributed by atoms with Gasteiger partial charge in [0.05, 0.1) is 23.9 Å². The van der Waals surface area contributed by atoms with Crippen LogP contribution in [0.1, 0.15) is 20.3 Å². The maximum atomic E-state index is 12.0. The molecule has 0 radical (unpaired) electrons. The molecule has 1 aliphatic rings. The van der Waals surface area contributed by atoms with Crippen molar-refractivity contribution in [2.45, 2.75) is 31.1 Å². The lowest BCUT2D eigenvalue weighted by Crippen LogP contribution is -2.53. The van der Waals surface area contributed by atoms with Crippen molar-refractivity contribution in [1.82, 2.24) is 10.2 Å². The molecule has 2 amide bonds.